The average Bonchev–Trinajstić information content (AvgIpc) is 2.31. The van der Waals surface area contributed by atoms with E-state index in [1.807, 2.05) is 0 Å². The van der Waals surface area contributed by atoms with Gasteiger partial charge in [0.15, 0.2) is 0 Å². The van der Waals surface area contributed by atoms with Gasteiger partial charge in [-0.15, -0.1) is 0 Å². The van der Waals surface area contributed by atoms with Gasteiger partial charge in [0.2, 0.25) is 0 Å². The van der Waals surface area contributed by atoms with Gasteiger partial charge in [-0.1, -0.05) is 37.0 Å². The second-order valence-corrected chi connectivity index (χ2v) is 6.50. The third-order valence-electron chi connectivity index (χ3n) is 3.30. The first-order valence-corrected chi connectivity index (χ1v) is 7.25. The van der Waals surface area contributed by atoms with E-state index in [4.69, 9.17) is 28.9 Å². The highest BCUT2D eigenvalue weighted by Crippen LogP contribution is 2.27. The Hall–Kier alpha value is -0.570. The Bertz CT molecular complexity index is 444. The van der Waals surface area contributed by atoms with Crippen molar-refractivity contribution in [1.29, 1.82) is 0 Å². The average molecular weight is 302 g/mol. The third-order valence-corrected chi connectivity index (χ3v) is 3.90. The Labute approximate surface area is 125 Å². The molecule has 0 fully saturated rings. The van der Waals surface area contributed by atoms with E-state index < -0.39 is 0 Å². The van der Waals surface area contributed by atoms with Crippen LogP contribution in [0.3, 0.4) is 0 Å². The van der Waals surface area contributed by atoms with Crippen LogP contribution in [0.5, 0.6) is 0 Å². The molecule has 2 nitrogen and oxygen atoms in total. The molecule has 4 heteroatoms. The van der Waals surface area contributed by atoms with E-state index in [0.29, 0.717) is 29.4 Å². The molecule has 0 saturated heterocycles. The summed E-state index contributed by atoms with van der Waals surface area (Å²) in [5, 5.41) is 1.20. The van der Waals surface area contributed by atoms with Crippen LogP contribution < -0.4 is 5.73 Å². The Morgan fingerprint density at radius 2 is 1.95 bits per heavy atom. The molecule has 0 unspecified atom stereocenters. The Morgan fingerprint density at radius 1 is 1.26 bits per heavy atom. The highest BCUT2D eigenvalue weighted by atomic mass is 35.5. The highest BCUT2D eigenvalue weighted by Gasteiger charge is 2.18. The topological polar surface area (TPSA) is 43.1 Å². The zero-order valence-corrected chi connectivity index (χ0v) is 13.0. The van der Waals surface area contributed by atoms with Crippen LogP contribution in [0.25, 0.3) is 0 Å². The summed E-state index contributed by atoms with van der Waals surface area (Å²) in [7, 11) is 0. The number of ketones is 1. The number of carbonyl (C=O) groups excluding carboxylic acids is 1. The maximum atomic E-state index is 12.0. The van der Waals surface area contributed by atoms with Gasteiger partial charge in [-0.25, -0.2) is 0 Å². The lowest BCUT2D eigenvalue weighted by Gasteiger charge is -2.23. The zero-order chi connectivity index (χ0) is 14.5. The van der Waals surface area contributed by atoms with Gasteiger partial charge in [0.05, 0.1) is 0 Å². The summed E-state index contributed by atoms with van der Waals surface area (Å²) in [5.41, 5.74) is 6.48. The zero-order valence-electron chi connectivity index (χ0n) is 11.5. The SMILES string of the molecule is CC(C)(CCN)CCC(=O)Cc1cc(Cl)ccc1Cl. The number of carbonyl (C=O) groups is 1. The largest absolute Gasteiger partial charge is 0.330 e. The molecule has 0 atom stereocenters. The minimum Gasteiger partial charge on any atom is -0.330 e. The maximum absolute atomic E-state index is 12.0. The monoisotopic (exact) mass is 301 g/mol. The molecule has 19 heavy (non-hydrogen) atoms. The number of nitrogens with two attached hydrogens (primary N) is 1. The van der Waals surface area contributed by atoms with Gasteiger partial charge >= 0.3 is 0 Å². The summed E-state index contributed by atoms with van der Waals surface area (Å²) in [6, 6.07) is 5.21. The molecule has 1 aromatic rings. The van der Waals surface area contributed by atoms with Crippen molar-refractivity contribution in [2.75, 3.05) is 6.54 Å². The van der Waals surface area contributed by atoms with Gasteiger partial charge < -0.3 is 5.73 Å². The van der Waals surface area contributed by atoms with Crippen molar-refractivity contribution in [2.45, 2.75) is 39.5 Å². The van der Waals surface area contributed by atoms with Crippen LogP contribution >= 0.6 is 23.2 Å². The molecule has 0 aromatic heterocycles. The number of hydrogen-bond acceptors (Lipinski definition) is 2. The summed E-state index contributed by atoms with van der Waals surface area (Å²) >= 11 is 12.0. The normalized spacial score (nSPS) is 11.6. The molecule has 0 aliphatic rings. The number of rotatable bonds is 7. The molecule has 0 bridgehead atoms. The quantitative estimate of drug-likeness (QED) is 0.817. The first-order valence-electron chi connectivity index (χ1n) is 6.50. The minimum atomic E-state index is 0.114. The van der Waals surface area contributed by atoms with E-state index in [-0.39, 0.29) is 11.2 Å². The molecule has 0 radical (unpaired) electrons. The van der Waals surface area contributed by atoms with Gasteiger partial charge in [0, 0.05) is 22.9 Å². The van der Waals surface area contributed by atoms with Crippen LogP contribution in [0.1, 0.15) is 38.7 Å². The maximum Gasteiger partial charge on any atom is 0.137 e. The predicted octanol–water partition coefficient (Wildman–Crippen LogP) is 4.26. The molecular weight excluding hydrogens is 281 g/mol. The van der Waals surface area contributed by atoms with Crippen molar-refractivity contribution in [1.82, 2.24) is 0 Å². The van der Waals surface area contributed by atoms with Crippen LogP contribution in [0.2, 0.25) is 10.0 Å². The van der Waals surface area contributed by atoms with Crippen molar-refractivity contribution in [2.24, 2.45) is 11.1 Å². The second-order valence-electron chi connectivity index (χ2n) is 5.65. The Balaban J connectivity index is 2.54. The van der Waals surface area contributed by atoms with Crippen molar-refractivity contribution in [3.63, 3.8) is 0 Å². The number of benzene rings is 1. The van der Waals surface area contributed by atoms with Crippen molar-refractivity contribution in [3.8, 4) is 0 Å². The molecule has 1 aromatic carbocycles. The Kier molecular flexibility index (Phi) is 6.31. The van der Waals surface area contributed by atoms with Gasteiger partial charge in [0.1, 0.15) is 5.78 Å². The van der Waals surface area contributed by atoms with Crippen LogP contribution in [-0.4, -0.2) is 12.3 Å². The molecule has 106 valence electrons. The van der Waals surface area contributed by atoms with Crippen molar-refractivity contribution < 1.29 is 4.79 Å². The van der Waals surface area contributed by atoms with E-state index >= 15 is 0 Å². The van der Waals surface area contributed by atoms with E-state index in [9.17, 15) is 4.79 Å². The lowest BCUT2D eigenvalue weighted by molar-refractivity contribution is -0.119. The molecule has 2 N–H and O–H groups in total. The van der Waals surface area contributed by atoms with Gasteiger partial charge in [-0.3, -0.25) is 4.79 Å². The molecule has 0 spiro atoms. The van der Waals surface area contributed by atoms with E-state index in [1.165, 1.54) is 0 Å². The van der Waals surface area contributed by atoms with Crippen LogP contribution in [0, 0.1) is 5.41 Å². The number of hydrogen-bond donors (Lipinski definition) is 1. The molecule has 0 heterocycles. The highest BCUT2D eigenvalue weighted by molar-refractivity contribution is 6.33. The standard InChI is InChI=1S/C15H21Cl2NO/c1-15(2,7-8-18)6-5-13(19)10-11-9-12(16)3-4-14(11)17/h3-4,9H,5-8,10,18H2,1-2H3. The summed E-state index contributed by atoms with van der Waals surface area (Å²) in [6.45, 7) is 4.93. The van der Waals surface area contributed by atoms with E-state index in [2.05, 4.69) is 13.8 Å². The summed E-state index contributed by atoms with van der Waals surface area (Å²) in [5.74, 6) is 0.189. The predicted molar refractivity (Wildman–Crippen MR) is 81.9 cm³/mol. The summed E-state index contributed by atoms with van der Waals surface area (Å²) < 4.78 is 0. The fourth-order valence-electron chi connectivity index (χ4n) is 1.97. The Morgan fingerprint density at radius 3 is 2.58 bits per heavy atom. The van der Waals surface area contributed by atoms with Gasteiger partial charge in [-0.2, -0.15) is 0 Å². The third kappa shape index (κ3) is 5.94. The van der Waals surface area contributed by atoms with Crippen LogP contribution in [0.4, 0.5) is 0 Å². The van der Waals surface area contributed by atoms with Crippen LogP contribution in [0.15, 0.2) is 18.2 Å². The molecular formula is C15H21Cl2NO. The van der Waals surface area contributed by atoms with Crippen molar-refractivity contribution >= 4 is 29.0 Å². The lowest BCUT2D eigenvalue weighted by atomic mass is 9.83. The molecule has 0 aliphatic carbocycles. The molecule has 0 aliphatic heterocycles. The van der Waals surface area contributed by atoms with Crippen LogP contribution in [-0.2, 0) is 11.2 Å². The molecule has 0 amide bonds. The van der Waals surface area contributed by atoms with Gasteiger partial charge in [0.25, 0.3) is 0 Å². The smallest absolute Gasteiger partial charge is 0.137 e. The fourth-order valence-corrected chi connectivity index (χ4v) is 2.35. The van der Waals surface area contributed by atoms with Crippen molar-refractivity contribution in [3.05, 3.63) is 33.8 Å². The second kappa shape index (κ2) is 7.28. The minimum absolute atomic E-state index is 0.114. The fraction of sp³-hybridized carbons (Fsp3) is 0.533. The summed E-state index contributed by atoms with van der Waals surface area (Å²) in [4.78, 5) is 12.0. The number of halogens is 2. The first-order chi connectivity index (χ1) is 8.84. The summed E-state index contributed by atoms with van der Waals surface area (Å²) in [6.07, 6.45) is 2.67. The first kappa shape index (κ1) is 16.5. The lowest BCUT2D eigenvalue weighted by Crippen LogP contribution is -2.18. The van der Waals surface area contributed by atoms with E-state index in [0.717, 1.165) is 18.4 Å². The van der Waals surface area contributed by atoms with Gasteiger partial charge in [-0.05, 0) is 48.6 Å². The van der Waals surface area contributed by atoms with E-state index in [1.54, 1.807) is 18.2 Å². The molecule has 0 saturated carbocycles. The number of Topliss-reactive ketones (excluding diaryl/α,β-unsaturated/α-hetero) is 1. The molecule has 1 rings (SSSR count).